The van der Waals surface area contributed by atoms with Crippen molar-refractivity contribution in [3.05, 3.63) is 24.0 Å². The number of aryl methyl sites for hydroxylation is 1. The predicted molar refractivity (Wildman–Crippen MR) is 66.7 cm³/mol. The van der Waals surface area contributed by atoms with Crippen LogP contribution in [0.2, 0.25) is 0 Å². The lowest BCUT2D eigenvalue weighted by Gasteiger charge is -1.96. The molecular formula is C11H14N4S. The van der Waals surface area contributed by atoms with Crippen molar-refractivity contribution in [1.29, 1.82) is 0 Å². The smallest absolute Gasteiger partial charge is 0.206 e. The summed E-state index contributed by atoms with van der Waals surface area (Å²) in [6.07, 6.45) is 4.73. The van der Waals surface area contributed by atoms with Crippen LogP contribution < -0.4 is 5.32 Å². The van der Waals surface area contributed by atoms with Crippen LogP contribution in [0.4, 0.5) is 5.13 Å². The van der Waals surface area contributed by atoms with Crippen molar-refractivity contribution in [3.8, 4) is 10.6 Å². The van der Waals surface area contributed by atoms with Gasteiger partial charge in [0.2, 0.25) is 5.13 Å². The Hall–Kier alpha value is -1.49. The molecular weight excluding hydrogens is 220 g/mol. The molecule has 0 saturated carbocycles. The van der Waals surface area contributed by atoms with Crippen LogP contribution in [-0.2, 0) is 0 Å². The number of nitrogens with one attached hydrogen (secondary N) is 1. The molecule has 0 amide bonds. The van der Waals surface area contributed by atoms with Gasteiger partial charge in [-0.05, 0) is 25.0 Å². The molecule has 5 heteroatoms. The molecule has 2 aromatic heterocycles. The van der Waals surface area contributed by atoms with E-state index in [1.165, 1.54) is 0 Å². The molecule has 84 valence electrons. The molecule has 0 spiro atoms. The lowest BCUT2D eigenvalue weighted by molar-refractivity contribution is 0.964. The normalized spacial score (nSPS) is 10.4. The lowest BCUT2D eigenvalue weighted by Crippen LogP contribution is -1.98. The lowest BCUT2D eigenvalue weighted by atomic mass is 10.2. The SMILES string of the molecule is CCCNc1nnc(-c2cncc(C)c2)s1. The molecule has 2 heterocycles. The third kappa shape index (κ3) is 2.55. The van der Waals surface area contributed by atoms with Gasteiger partial charge >= 0.3 is 0 Å². The standard InChI is InChI=1S/C11H14N4S/c1-3-4-13-11-15-14-10(16-11)9-5-8(2)6-12-7-9/h5-7H,3-4H2,1-2H3,(H,13,15). The summed E-state index contributed by atoms with van der Waals surface area (Å²) in [6.45, 7) is 5.08. The summed E-state index contributed by atoms with van der Waals surface area (Å²) in [6, 6.07) is 2.07. The van der Waals surface area contributed by atoms with Crippen molar-refractivity contribution >= 4 is 16.5 Å². The maximum atomic E-state index is 4.15. The average molecular weight is 234 g/mol. The molecule has 2 rings (SSSR count). The van der Waals surface area contributed by atoms with E-state index in [0.717, 1.165) is 34.2 Å². The van der Waals surface area contributed by atoms with Gasteiger partial charge in [0, 0.05) is 24.5 Å². The van der Waals surface area contributed by atoms with E-state index in [1.54, 1.807) is 11.3 Å². The van der Waals surface area contributed by atoms with Gasteiger partial charge in [-0.2, -0.15) is 0 Å². The molecule has 0 radical (unpaired) electrons. The minimum atomic E-state index is 0.873. The molecule has 0 aliphatic carbocycles. The van der Waals surface area contributed by atoms with Crippen molar-refractivity contribution < 1.29 is 0 Å². The Balaban J connectivity index is 2.18. The highest BCUT2D eigenvalue weighted by Gasteiger charge is 2.06. The van der Waals surface area contributed by atoms with Crippen LogP contribution in [0.3, 0.4) is 0 Å². The fourth-order valence-corrected chi connectivity index (χ4v) is 2.07. The van der Waals surface area contributed by atoms with Crippen molar-refractivity contribution in [2.24, 2.45) is 0 Å². The Bertz CT molecular complexity index is 467. The first-order chi connectivity index (χ1) is 7.79. The Morgan fingerprint density at radius 2 is 2.19 bits per heavy atom. The summed E-state index contributed by atoms with van der Waals surface area (Å²) in [4.78, 5) is 4.15. The summed E-state index contributed by atoms with van der Waals surface area (Å²) in [5.74, 6) is 0. The zero-order valence-electron chi connectivity index (χ0n) is 9.40. The summed E-state index contributed by atoms with van der Waals surface area (Å²) >= 11 is 1.56. The zero-order valence-corrected chi connectivity index (χ0v) is 10.2. The Kier molecular flexibility index (Phi) is 3.46. The number of pyridine rings is 1. The molecule has 0 aliphatic heterocycles. The molecule has 16 heavy (non-hydrogen) atoms. The number of anilines is 1. The first-order valence-electron chi connectivity index (χ1n) is 5.29. The van der Waals surface area contributed by atoms with E-state index in [-0.39, 0.29) is 0 Å². The third-order valence-electron chi connectivity index (χ3n) is 2.07. The van der Waals surface area contributed by atoms with Gasteiger partial charge in [-0.1, -0.05) is 18.3 Å². The van der Waals surface area contributed by atoms with Crippen molar-refractivity contribution in [1.82, 2.24) is 15.2 Å². The van der Waals surface area contributed by atoms with Crippen LogP contribution in [0.25, 0.3) is 10.6 Å². The van der Waals surface area contributed by atoms with E-state index in [4.69, 9.17) is 0 Å². The van der Waals surface area contributed by atoms with Gasteiger partial charge in [-0.15, -0.1) is 10.2 Å². The van der Waals surface area contributed by atoms with Crippen molar-refractivity contribution in [2.45, 2.75) is 20.3 Å². The average Bonchev–Trinajstić information content (AvgIpc) is 2.75. The van der Waals surface area contributed by atoms with Crippen LogP contribution in [-0.4, -0.2) is 21.7 Å². The zero-order chi connectivity index (χ0) is 11.4. The molecule has 0 aliphatic rings. The fraction of sp³-hybridized carbons (Fsp3) is 0.364. The van der Waals surface area contributed by atoms with Gasteiger partial charge in [-0.25, -0.2) is 0 Å². The van der Waals surface area contributed by atoms with E-state index in [1.807, 2.05) is 19.3 Å². The Morgan fingerprint density at radius 3 is 2.94 bits per heavy atom. The molecule has 0 aromatic carbocycles. The second-order valence-electron chi connectivity index (χ2n) is 3.59. The van der Waals surface area contributed by atoms with Crippen molar-refractivity contribution in [2.75, 3.05) is 11.9 Å². The van der Waals surface area contributed by atoms with Gasteiger partial charge in [0.15, 0.2) is 5.01 Å². The number of rotatable bonds is 4. The summed E-state index contributed by atoms with van der Waals surface area (Å²) in [7, 11) is 0. The van der Waals surface area contributed by atoms with Crippen LogP contribution >= 0.6 is 11.3 Å². The van der Waals surface area contributed by atoms with Gasteiger partial charge in [0.05, 0.1) is 0 Å². The van der Waals surface area contributed by atoms with Gasteiger partial charge in [0.1, 0.15) is 0 Å². The van der Waals surface area contributed by atoms with Gasteiger partial charge < -0.3 is 5.32 Å². The molecule has 4 nitrogen and oxygen atoms in total. The second-order valence-corrected chi connectivity index (χ2v) is 4.57. The van der Waals surface area contributed by atoms with E-state index >= 15 is 0 Å². The Morgan fingerprint density at radius 1 is 1.31 bits per heavy atom. The number of hydrogen-bond acceptors (Lipinski definition) is 5. The van der Waals surface area contributed by atoms with E-state index < -0.39 is 0 Å². The fourth-order valence-electron chi connectivity index (χ4n) is 1.32. The minimum Gasteiger partial charge on any atom is -0.360 e. The monoisotopic (exact) mass is 234 g/mol. The van der Waals surface area contributed by atoms with E-state index in [0.29, 0.717) is 0 Å². The highest BCUT2D eigenvalue weighted by molar-refractivity contribution is 7.18. The third-order valence-corrected chi connectivity index (χ3v) is 3.00. The minimum absolute atomic E-state index is 0.873. The first-order valence-corrected chi connectivity index (χ1v) is 6.10. The van der Waals surface area contributed by atoms with Gasteiger partial charge in [0.25, 0.3) is 0 Å². The maximum absolute atomic E-state index is 4.15. The topological polar surface area (TPSA) is 50.7 Å². The Labute approximate surface area is 98.8 Å². The summed E-state index contributed by atoms with van der Waals surface area (Å²) in [5, 5.41) is 13.2. The molecule has 1 N–H and O–H groups in total. The molecule has 0 fully saturated rings. The highest BCUT2D eigenvalue weighted by atomic mass is 32.1. The second kappa shape index (κ2) is 5.03. The molecule has 0 unspecified atom stereocenters. The summed E-state index contributed by atoms with van der Waals surface area (Å²) in [5.41, 5.74) is 2.16. The van der Waals surface area contributed by atoms with Crippen LogP contribution in [0.15, 0.2) is 18.5 Å². The van der Waals surface area contributed by atoms with Crippen LogP contribution in [0, 0.1) is 6.92 Å². The number of hydrogen-bond donors (Lipinski definition) is 1. The quantitative estimate of drug-likeness (QED) is 0.883. The first kappa shape index (κ1) is 11.0. The van der Waals surface area contributed by atoms with Crippen LogP contribution in [0.5, 0.6) is 0 Å². The highest BCUT2D eigenvalue weighted by Crippen LogP contribution is 2.25. The van der Waals surface area contributed by atoms with Crippen molar-refractivity contribution in [3.63, 3.8) is 0 Å². The number of nitrogens with zero attached hydrogens (tertiary/aromatic N) is 3. The predicted octanol–water partition coefficient (Wildman–Crippen LogP) is 2.73. The molecule has 0 atom stereocenters. The largest absolute Gasteiger partial charge is 0.360 e. The number of aromatic nitrogens is 3. The van der Waals surface area contributed by atoms with Gasteiger partial charge in [-0.3, -0.25) is 4.98 Å². The summed E-state index contributed by atoms with van der Waals surface area (Å²) < 4.78 is 0. The molecule has 0 saturated heterocycles. The van der Waals surface area contributed by atoms with Crippen LogP contribution in [0.1, 0.15) is 18.9 Å². The van der Waals surface area contributed by atoms with E-state index in [9.17, 15) is 0 Å². The van der Waals surface area contributed by atoms with E-state index in [2.05, 4.69) is 33.5 Å². The molecule has 2 aromatic rings. The molecule has 0 bridgehead atoms. The maximum Gasteiger partial charge on any atom is 0.206 e.